The van der Waals surface area contributed by atoms with Crippen molar-refractivity contribution in [2.75, 3.05) is 28.8 Å². The van der Waals surface area contributed by atoms with E-state index in [2.05, 4.69) is 20.7 Å². The highest BCUT2D eigenvalue weighted by Crippen LogP contribution is 2.22. The van der Waals surface area contributed by atoms with Crippen molar-refractivity contribution in [1.29, 1.82) is 0 Å². The fourth-order valence-corrected chi connectivity index (χ4v) is 3.93. The van der Waals surface area contributed by atoms with Crippen molar-refractivity contribution in [2.45, 2.75) is 10.1 Å². The zero-order valence-corrected chi connectivity index (χ0v) is 17.0. The van der Waals surface area contributed by atoms with E-state index in [-0.39, 0.29) is 11.7 Å². The molecule has 144 valence electrons. The first-order valence-electron chi connectivity index (χ1n) is 8.49. The highest BCUT2D eigenvalue weighted by Gasteiger charge is 2.17. The number of hydrogen-bond donors (Lipinski definition) is 1. The van der Waals surface area contributed by atoms with E-state index in [1.165, 1.54) is 11.8 Å². The van der Waals surface area contributed by atoms with E-state index in [9.17, 15) is 4.79 Å². The summed E-state index contributed by atoms with van der Waals surface area (Å²) in [6, 6.07) is 7.77. The lowest BCUT2D eigenvalue weighted by molar-refractivity contribution is -0.113. The van der Waals surface area contributed by atoms with Gasteiger partial charge in [0.2, 0.25) is 11.9 Å². The molecule has 8 nitrogen and oxygen atoms in total. The summed E-state index contributed by atoms with van der Waals surface area (Å²) in [5.74, 6) is 0.861. The molecule has 0 fully saturated rings. The standard InChI is InChI=1S/C18H18N6O2S2/c1-23-17(24-7-6-15-12(10-24)9-19-26-15)21-22-18(23)28-11-16(25)20-13-4-3-5-14(8-13)27-2/h3-6,8-10H,7,11H2,1-2H3,(H,20,25). The molecule has 0 bridgehead atoms. The Labute approximate surface area is 169 Å². The summed E-state index contributed by atoms with van der Waals surface area (Å²) in [4.78, 5) is 15.3. The number of rotatable bonds is 6. The van der Waals surface area contributed by atoms with Gasteiger partial charge in [0, 0.05) is 30.4 Å². The molecular weight excluding hydrogens is 396 g/mol. The number of anilines is 2. The third-order valence-electron chi connectivity index (χ3n) is 4.15. The van der Waals surface area contributed by atoms with Crippen molar-refractivity contribution in [2.24, 2.45) is 7.05 Å². The molecule has 1 aliphatic rings. The first kappa shape index (κ1) is 18.6. The molecule has 3 heterocycles. The van der Waals surface area contributed by atoms with E-state index in [1.54, 1.807) is 18.0 Å². The van der Waals surface area contributed by atoms with Gasteiger partial charge in [0.05, 0.1) is 17.2 Å². The molecule has 3 aromatic rings. The maximum atomic E-state index is 12.3. The Morgan fingerprint density at radius 2 is 2.25 bits per heavy atom. The Bertz CT molecular complexity index is 1120. The minimum Gasteiger partial charge on any atom is -0.357 e. The molecule has 1 aliphatic heterocycles. The second kappa shape index (κ2) is 8.11. The summed E-state index contributed by atoms with van der Waals surface area (Å²) in [6.45, 7) is 0.616. The van der Waals surface area contributed by atoms with Crippen LogP contribution in [0.4, 0.5) is 11.6 Å². The minimum absolute atomic E-state index is 0.0835. The number of aromatic nitrogens is 4. The Kier molecular flexibility index (Phi) is 5.40. The fraction of sp³-hybridized carbons (Fsp3) is 0.222. The smallest absolute Gasteiger partial charge is 0.234 e. The maximum Gasteiger partial charge on any atom is 0.234 e. The minimum atomic E-state index is -0.0835. The molecule has 0 unspecified atom stereocenters. The lowest BCUT2D eigenvalue weighted by Gasteiger charge is -2.18. The van der Waals surface area contributed by atoms with E-state index >= 15 is 0 Å². The number of nitrogens with one attached hydrogen (secondary N) is 1. The van der Waals surface area contributed by atoms with Gasteiger partial charge in [-0.05, 0) is 30.5 Å². The van der Waals surface area contributed by atoms with Crippen LogP contribution in [-0.2, 0) is 11.8 Å². The van der Waals surface area contributed by atoms with Gasteiger partial charge >= 0.3 is 0 Å². The van der Waals surface area contributed by atoms with E-state index in [0.29, 0.717) is 17.6 Å². The first-order chi connectivity index (χ1) is 13.6. The Hall–Kier alpha value is -2.72. The Morgan fingerprint density at radius 3 is 3.11 bits per heavy atom. The molecule has 4 rings (SSSR count). The van der Waals surface area contributed by atoms with Crippen molar-refractivity contribution in [1.82, 2.24) is 19.9 Å². The van der Waals surface area contributed by atoms with Gasteiger partial charge in [-0.2, -0.15) is 0 Å². The lowest BCUT2D eigenvalue weighted by atomic mass is 10.3. The molecule has 28 heavy (non-hydrogen) atoms. The number of carbonyl (C=O) groups excluding carboxylic acids is 1. The Balaban J connectivity index is 1.40. The third kappa shape index (κ3) is 3.92. The number of carbonyl (C=O) groups is 1. The highest BCUT2D eigenvalue weighted by molar-refractivity contribution is 7.99. The van der Waals surface area contributed by atoms with Crippen LogP contribution in [0.2, 0.25) is 0 Å². The first-order valence-corrected chi connectivity index (χ1v) is 10.7. The molecule has 0 saturated carbocycles. The molecule has 10 heteroatoms. The van der Waals surface area contributed by atoms with E-state index in [0.717, 1.165) is 21.2 Å². The van der Waals surface area contributed by atoms with Crippen LogP contribution in [0.25, 0.3) is 12.3 Å². The quantitative estimate of drug-likeness (QED) is 0.604. The number of benzene rings is 1. The van der Waals surface area contributed by atoms with Crippen molar-refractivity contribution >= 4 is 53.3 Å². The van der Waals surface area contributed by atoms with Gasteiger partial charge in [-0.25, -0.2) is 0 Å². The van der Waals surface area contributed by atoms with Crippen LogP contribution in [0.1, 0.15) is 0 Å². The summed E-state index contributed by atoms with van der Waals surface area (Å²) in [5.41, 5.74) is 1.55. The van der Waals surface area contributed by atoms with E-state index in [1.807, 2.05) is 59.3 Å². The van der Waals surface area contributed by atoms with Gasteiger partial charge in [-0.1, -0.05) is 23.0 Å². The predicted octanol–water partition coefficient (Wildman–Crippen LogP) is 1.29. The van der Waals surface area contributed by atoms with E-state index in [4.69, 9.17) is 4.52 Å². The number of amides is 1. The number of thioether (sulfide) groups is 2. The van der Waals surface area contributed by atoms with Crippen LogP contribution in [0, 0.1) is 0 Å². The van der Waals surface area contributed by atoms with Gasteiger partial charge in [-0.15, -0.1) is 22.0 Å². The van der Waals surface area contributed by atoms with Gasteiger partial charge in [0.25, 0.3) is 0 Å². The van der Waals surface area contributed by atoms with Gasteiger partial charge in [-0.3, -0.25) is 9.36 Å². The summed E-state index contributed by atoms with van der Waals surface area (Å²) in [5, 5.41) is 16.8. The van der Waals surface area contributed by atoms with Crippen molar-refractivity contribution in [3.8, 4) is 0 Å². The van der Waals surface area contributed by atoms with Crippen LogP contribution < -0.4 is 20.9 Å². The normalized spacial score (nSPS) is 12.9. The van der Waals surface area contributed by atoms with Gasteiger partial charge in [0.1, 0.15) is 0 Å². The predicted molar refractivity (Wildman–Crippen MR) is 111 cm³/mol. The topological polar surface area (TPSA) is 89.1 Å². The maximum absolute atomic E-state index is 12.3. The molecule has 0 spiro atoms. The van der Waals surface area contributed by atoms with Crippen LogP contribution in [0.15, 0.2) is 45.0 Å². The number of fused-ring (bicyclic) bond motifs is 1. The average Bonchev–Trinajstić information content (AvgIpc) is 3.32. The number of hydrogen-bond acceptors (Lipinski definition) is 8. The van der Waals surface area contributed by atoms with Gasteiger partial charge < -0.3 is 14.7 Å². The molecule has 0 aliphatic carbocycles. The highest BCUT2D eigenvalue weighted by atomic mass is 32.2. The van der Waals surface area contributed by atoms with Crippen molar-refractivity contribution in [3.05, 3.63) is 41.1 Å². The lowest BCUT2D eigenvalue weighted by Crippen LogP contribution is -2.34. The average molecular weight is 415 g/mol. The van der Waals surface area contributed by atoms with Gasteiger partial charge in [0.15, 0.2) is 10.6 Å². The molecule has 1 amide bonds. The van der Waals surface area contributed by atoms with Crippen LogP contribution in [0.5, 0.6) is 0 Å². The third-order valence-corrected chi connectivity index (χ3v) is 5.90. The second-order valence-corrected chi connectivity index (χ2v) is 7.86. The van der Waals surface area contributed by atoms with Crippen LogP contribution in [-0.4, -0.2) is 44.4 Å². The molecule has 2 aromatic heterocycles. The van der Waals surface area contributed by atoms with E-state index < -0.39 is 0 Å². The summed E-state index contributed by atoms with van der Waals surface area (Å²) < 4.78 is 7.02. The molecule has 1 aromatic carbocycles. The van der Waals surface area contributed by atoms with Crippen LogP contribution in [0.3, 0.4) is 0 Å². The summed E-state index contributed by atoms with van der Waals surface area (Å²) in [6.07, 6.45) is 7.54. The number of nitrogens with zero attached hydrogens (tertiary/aromatic N) is 5. The summed E-state index contributed by atoms with van der Waals surface area (Å²) >= 11 is 2.98. The second-order valence-electron chi connectivity index (χ2n) is 6.04. The molecule has 1 N–H and O–H groups in total. The SMILES string of the molecule is CSc1cccc(NC(=O)CSc2nnc(N3C=c4cnoc4=CC3)n2C)c1. The zero-order valence-electron chi connectivity index (χ0n) is 15.3. The molecular formula is C18H18N6O2S2. The summed E-state index contributed by atoms with van der Waals surface area (Å²) in [7, 11) is 1.88. The van der Waals surface area contributed by atoms with Crippen LogP contribution >= 0.6 is 23.5 Å². The molecule has 0 radical (unpaired) electrons. The zero-order chi connectivity index (χ0) is 19.5. The fourth-order valence-electron chi connectivity index (χ4n) is 2.76. The van der Waals surface area contributed by atoms with Crippen molar-refractivity contribution < 1.29 is 9.32 Å². The molecule has 0 saturated heterocycles. The largest absolute Gasteiger partial charge is 0.357 e. The van der Waals surface area contributed by atoms with Crippen molar-refractivity contribution in [3.63, 3.8) is 0 Å². The molecule has 0 atom stereocenters. The monoisotopic (exact) mass is 414 g/mol. The Morgan fingerprint density at radius 1 is 1.36 bits per heavy atom.